The van der Waals surface area contributed by atoms with Gasteiger partial charge in [-0.2, -0.15) is 0 Å². The first-order valence-electron chi connectivity index (χ1n) is 6.73. The largest absolute Gasteiger partial charge is 0.328 e. The van der Waals surface area contributed by atoms with Gasteiger partial charge in [0.15, 0.2) is 0 Å². The zero-order valence-electron chi connectivity index (χ0n) is 12.6. The van der Waals surface area contributed by atoms with Gasteiger partial charge in [-0.15, -0.1) is 0 Å². The number of carbonyl (C=O) groups is 2. The summed E-state index contributed by atoms with van der Waals surface area (Å²) in [6.07, 6.45) is 0. The van der Waals surface area contributed by atoms with E-state index >= 15 is 0 Å². The molecular formula is C13H28N4O2. The fraction of sp³-hybridized carbons (Fsp3) is 0.846. The third kappa shape index (κ3) is 4.56. The van der Waals surface area contributed by atoms with Crippen molar-refractivity contribution in [1.29, 1.82) is 0 Å². The number of imide groups is 1. The van der Waals surface area contributed by atoms with Crippen LogP contribution in [0, 0.1) is 11.8 Å². The molecule has 0 spiro atoms. The van der Waals surface area contributed by atoms with E-state index < -0.39 is 29.9 Å². The van der Waals surface area contributed by atoms with Gasteiger partial charge in [-0.05, 0) is 18.8 Å². The van der Waals surface area contributed by atoms with Crippen molar-refractivity contribution in [2.24, 2.45) is 29.0 Å². The van der Waals surface area contributed by atoms with Crippen LogP contribution in [0.4, 0.5) is 0 Å². The number of rotatable bonds is 6. The SMILES string of the molecule is CC(C)[C@H](N)C(=O)N(C(=O)[C@@H](N)C(C)C)C(C)CN. The van der Waals surface area contributed by atoms with Crippen molar-refractivity contribution in [3.63, 3.8) is 0 Å². The summed E-state index contributed by atoms with van der Waals surface area (Å²) in [5.74, 6) is -0.922. The van der Waals surface area contributed by atoms with Crippen molar-refractivity contribution in [2.45, 2.75) is 52.7 Å². The molecule has 0 fully saturated rings. The molecule has 6 heteroatoms. The number of carbonyl (C=O) groups excluding carboxylic acids is 2. The Labute approximate surface area is 115 Å². The number of amides is 2. The Morgan fingerprint density at radius 3 is 1.42 bits per heavy atom. The highest BCUT2D eigenvalue weighted by Gasteiger charge is 2.34. The Balaban J connectivity index is 5.23. The Morgan fingerprint density at radius 2 is 1.21 bits per heavy atom. The minimum Gasteiger partial charge on any atom is -0.328 e. The molecule has 6 nitrogen and oxygen atoms in total. The van der Waals surface area contributed by atoms with Crippen molar-refractivity contribution >= 4 is 11.8 Å². The molecule has 112 valence electrons. The summed E-state index contributed by atoms with van der Waals surface area (Å²) < 4.78 is 0. The molecule has 0 rings (SSSR count). The van der Waals surface area contributed by atoms with E-state index in [0.717, 1.165) is 4.90 Å². The van der Waals surface area contributed by atoms with Gasteiger partial charge in [0.1, 0.15) is 0 Å². The van der Waals surface area contributed by atoms with E-state index in [-0.39, 0.29) is 18.4 Å². The second kappa shape index (κ2) is 7.57. The zero-order chi connectivity index (χ0) is 15.3. The summed E-state index contributed by atoms with van der Waals surface area (Å²) in [5, 5.41) is 0. The number of hydrogen-bond acceptors (Lipinski definition) is 5. The van der Waals surface area contributed by atoms with Crippen LogP contribution in [-0.4, -0.2) is 41.4 Å². The molecule has 0 aromatic rings. The minimum absolute atomic E-state index is 0.0527. The first kappa shape index (κ1) is 18.0. The predicted octanol–water partition coefficient (Wildman–Crippen LogP) is -0.345. The fourth-order valence-electron chi connectivity index (χ4n) is 1.54. The van der Waals surface area contributed by atoms with Crippen molar-refractivity contribution in [1.82, 2.24) is 4.90 Å². The number of nitrogens with zero attached hydrogens (tertiary/aromatic N) is 1. The monoisotopic (exact) mass is 272 g/mol. The van der Waals surface area contributed by atoms with Crippen LogP contribution in [0.2, 0.25) is 0 Å². The topological polar surface area (TPSA) is 115 Å². The van der Waals surface area contributed by atoms with Crippen LogP contribution in [0.25, 0.3) is 0 Å². The number of hydrogen-bond donors (Lipinski definition) is 3. The summed E-state index contributed by atoms with van der Waals surface area (Å²) in [7, 11) is 0. The average molecular weight is 272 g/mol. The van der Waals surface area contributed by atoms with E-state index in [4.69, 9.17) is 17.2 Å². The predicted molar refractivity (Wildman–Crippen MR) is 76.0 cm³/mol. The van der Waals surface area contributed by atoms with Gasteiger partial charge in [0.05, 0.1) is 12.1 Å². The molecule has 3 atom stereocenters. The van der Waals surface area contributed by atoms with E-state index in [2.05, 4.69) is 0 Å². The Morgan fingerprint density at radius 1 is 0.895 bits per heavy atom. The molecule has 0 bridgehead atoms. The smallest absolute Gasteiger partial charge is 0.246 e. The van der Waals surface area contributed by atoms with Crippen LogP contribution >= 0.6 is 0 Å². The summed E-state index contributed by atoms with van der Waals surface area (Å²) in [5.41, 5.74) is 17.3. The lowest BCUT2D eigenvalue weighted by Crippen LogP contribution is -2.58. The molecule has 6 N–H and O–H groups in total. The second-order valence-electron chi connectivity index (χ2n) is 5.67. The maximum absolute atomic E-state index is 12.3. The van der Waals surface area contributed by atoms with Crippen molar-refractivity contribution in [3.05, 3.63) is 0 Å². The molecule has 0 heterocycles. The molecule has 1 unspecified atom stereocenters. The quantitative estimate of drug-likeness (QED) is 0.611. The van der Waals surface area contributed by atoms with Gasteiger partial charge in [-0.3, -0.25) is 14.5 Å². The lowest BCUT2D eigenvalue weighted by molar-refractivity contribution is -0.150. The first-order chi connectivity index (χ1) is 8.64. The van der Waals surface area contributed by atoms with Crippen molar-refractivity contribution in [3.8, 4) is 0 Å². The third-order valence-corrected chi connectivity index (χ3v) is 3.26. The fourth-order valence-corrected chi connectivity index (χ4v) is 1.54. The molecule has 0 aliphatic heterocycles. The summed E-state index contributed by atoms with van der Waals surface area (Å²) in [6, 6.07) is -1.86. The van der Waals surface area contributed by atoms with Crippen LogP contribution in [0.5, 0.6) is 0 Å². The van der Waals surface area contributed by atoms with E-state index in [0.29, 0.717) is 0 Å². The van der Waals surface area contributed by atoms with Crippen LogP contribution in [0.3, 0.4) is 0 Å². The maximum Gasteiger partial charge on any atom is 0.246 e. The third-order valence-electron chi connectivity index (χ3n) is 3.26. The van der Waals surface area contributed by atoms with Crippen molar-refractivity contribution in [2.75, 3.05) is 6.54 Å². The molecule has 0 aromatic heterocycles. The first-order valence-corrected chi connectivity index (χ1v) is 6.73. The normalized spacial score (nSPS) is 16.3. The Bertz CT molecular complexity index is 292. The van der Waals surface area contributed by atoms with Gasteiger partial charge in [-0.1, -0.05) is 27.7 Å². The van der Waals surface area contributed by atoms with Gasteiger partial charge in [-0.25, -0.2) is 0 Å². The maximum atomic E-state index is 12.3. The molecule has 0 aromatic carbocycles. The lowest BCUT2D eigenvalue weighted by Gasteiger charge is -2.32. The lowest BCUT2D eigenvalue weighted by atomic mass is 9.99. The average Bonchev–Trinajstić information content (AvgIpc) is 2.35. The Hall–Kier alpha value is -0.980. The second-order valence-corrected chi connectivity index (χ2v) is 5.67. The molecule has 0 aliphatic rings. The summed E-state index contributed by atoms with van der Waals surface area (Å²) >= 11 is 0. The van der Waals surface area contributed by atoms with Gasteiger partial charge in [0, 0.05) is 12.6 Å². The molecule has 19 heavy (non-hydrogen) atoms. The Kier molecular flexibility index (Phi) is 7.18. The molecular weight excluding hydrogens is 244 g/mol. The van der Waals surface area contributed by atoms with E-state index in [9.17, 15) is 9.59 Å². The van der Waals surface area contributed by atoms with Gasteiger partial charge < -0.3 is 17.2 Å². The zero-order valence-corrected chi connectivity index (χ0v) is 12.6. The van der Waals surface area contributed by atoms with Crippen LogP contribution in [-0.2, 0) is 9.59 Å². The van der Waals surface area contributed by atoms with Gasteiger partial charge >= 0.3 is 0 Å². The standard InChI is InChI=1S/C13H28N4O2/c1-7(2)10(15)12(18)17(9(5)6-14)13(19)11(16)8(3)4/h7-11H,6,14-16H2,1-5H3/t9?,10-,11-/m0/s1. The minimum atomic E-state index is -0.725. The van der Waals surface area contributed by atoms with Crippen molar-refractivity contribution < 1.29 is 9.59 Å². The van der Waals surface area contributed by atoms with Crippen LogP contribution in [0.1, 0.15) is 34.6 Å². The molecule has 2 amide bonds. The highest BCUT2D eigenvalue weighted by Crippen LogP contribution is 2.11. The van der Waals surface area contributed by atoms with Crippen LogP contribution in [0.15, 0.2) is 0 Å². The number of nitrogens with two attached hydrogens (primary N) is 3. The highest BCUT2D eigenvalue weighted by atomic mass is 16.2. The summed E-state index contributed by atoms with van der Waals surface area (Å²) in [4.78, 5) is 25.8. The summed E-state index contributed by atoms with van der Waals surface area (Å²) in [6.45, 7) is 9.24. The molecule has 0 saturated carbocycles. The molecule has 0 saturated heterocycles. The van der Waals surface area contributed by atoms with E-state index in [1.54, 1.807) is 6.92 Å². The van der Waals surface area contributed by atoms with Gasteiger partial charge in [0.25, 0.3) is 0 Å². The van der Waals surface area contributed by atoms with E-state index in [1.165, 1.54) is 0 Å². The van der Waals surface area contributed by atoms with E-state index in [1.807, 2.05) is 27.7 Å². The van der Waals surface area contributed by atoms with Gasteiger partial charge in [0.2, 0.25) is 11.8 Å². The molecule has 0 aliphatic carbocycles. The highest BCUT2D eigenvalue weighted by molar-refractivity contribution is 6.00. The molecule has 0 radical (unpaired) electrons. The van der Waals surface area contributed by atoms with Crippen LogP contribution < -0.4 is 17.2 Å².